The Labute approximate surface area is 166 Å². The first-order chi connectivity index (χ1) is 13.0. The van der Waals surface area contributed by atoms with Crippen LogP contribution in [0, 0.1) is 5.92 Å². The Hall–Kier alpha value is -2.11. The number of benzene rings is 1. The molecule has 1 aromatic carbocycles. The SMILES string of the molecule is C=CC(F)(F)C1CCCCC1.CC(C)(C)OC(=O)N1CCc2cc(O)ccc21. The average Bonchev–Trinajstić information content (AvgIpc) is 3.05. The fraction of sp³-hybridized carbons (Fsp3) is 0.591. The van der Waals surface area contributed by atoms with Crippen molar-refractivity contribution in [2.75, 3.05) is 11.4 Å². The third-order valence-electron chi connectivity index (χ3n) is 4.99. The molecule has 3 rings (SSSR count). The van der Waals surface area contributed by atoms with Gasteiger partial charge < -0.3 is 9.84 Å². The molecule has 0 radical (unpaired) electrons. The smallest absolute Gasteiger partial charge is 0.414 e. The van der Waals surface area contributed by atoms with Gasteiger partial charge in [0.1, 0.15) is 11.4 Å². The van der Waals surface area contributed by atoms with Gasteiger partial charge in [-0.3, -0.25) is 4.90 Å². The Balaban J connectivity index is 0.000000221. The van der Waals surface area contributed by atoms with Crippen molar-refractivity contribution in [2.45, 2.75) is 70.8 Å². The second-order valence-electron chi connectivity index (χ2n) is 8.41. The number of halogens is 2. The van der Waals surface area contributed by atoms with Gasteiger partial charge in [-0.25, -0.2) is 13.6 Å². The largest absolute Gasteiger partial charge is 0.508 e. The van der Waals surface area contributed by atoms with E-state index >= 15 is 0 Å². The first-order valence-electron chi connectivity index (χ1n) is 9.87. The number of phenols is 1. The summed E-state index contributed by atoms with van der Waals surface area (Å²) in [5.41, 5.74) is 1.32. The number of ether oxygens (including phenoxy) is 1. The van der Waals surface area contributed by atoms with Crippen molar-refractivity contribution in [3.05, 3.63) is 36.4 Å². The summed E-state index contributed by atoms with van der Waals surface area (Å²) in [6.45, 7) is 9.30. The fourth-order valence-corrected chi connectivity index (χ4v) is 3.55. The van der Waals surface area contributed by atoms with Crippen LogP contribution in [0.1, 0.15) is 58.4 Å². The number of carbonyl (C=O) groups is 1. The number of fused-ring (bicyclic) bond motifs is 1. The molecule has 4 nitrogen and oxygen atoms in total. The zero-order valence-electron chi connectivity index (χ0n) is 17.0. The summed E-state index contributed by atoms with van der Waals surface area (Å²) < 4.78 is 31.2. The number of hydrogen-bond donors (Lipinski definition) is 1. The van der Waals surface area contributed by atoms with E-state index < -0.39 is 17.4 Å². The van der Waals surface area contributed by atoms with E-state index in [1.807, 2.05) is 20.8 Å². The summed E-state index contributed by atoms with van der Waals surface area (Å²) >= 11 is 0. The van der Waals surface area contributed by atoms with Crippen LogP contribution in [0.2, 0.25) is 0 Å². The molecule has 1 fully saturated rings. The topological polar surface area (TPSA) is 49.8 Å². The summed E-state index contributed by atoms with van der Waals surface area (Å²) in [5.74, 6) is -2.83. The minimum absolute atomic E-state index is 0.231. The Kier molecular flexibility index (Phi) is 7.07. The van der Waals surface area contributed by atoms with E-state index in [-0.39, 0.29) is 11.8 Å². The summed E-state index contributed by atoms with van der Waals surface area (Å²) in [6, 6.07) is 5.03. The van der Waals surface area contributed by atoms with E-state index in [4.69, 9.17) is 4.74 Å². The molecular weight excluding hydrogens is 364 g/mol. The van der Waals surface area contributed by atoms with E-state index in [1.54, 1.807) is 23.1 Å². The number of aromatic hydroxyl groups is 1. The van der Waals surface area contributed by atoms with E-state index in [1.165, 1.54) is 0 Å². The number of alkyl halides is 2. The fourth-order valence-electron chi connectivity index (χ4n) is 3.55. The first-order valence-corrected chi connectivity index (χ1v) is 9.87. The van der Waals surface area contributed by atoms with E-state index in [0.29, 0.717) is 19.4 Å². The maximum Gasteiger partial charge on any atom is 0.414 e. The van der Waals surface area contributed by atoms with Crippen molar-refractivity contribution in [3.63, 3.8) is 0 Å². The molecule has 0 aromatic heterocycles. The van der Waals surface area contributed by atoms with Crippen LogP contribution in [-0.4, -0.2) is 29.3 Å². The summed E-state index contributed by atoms with van der Waals surface area (Å²) in [5, 5.41) is 9.37. The standard InChI is InChI=1S/C13H17NO3.C9H14F2/c1-13(2,3)17-12(16)14-7-6-9-8-10(15)4-5-11(9)14;1-2-9(10,11)8-6-4-3-5-7-8/h4-5,8,15H,6-7H2,1-3H3;2,8H,1,3-7H2. The van der Waals surface area contributed by atoms with Crippen LogP contribution in [0.3, 0.4) is 0 Å². The van der Waals surface area contributed by atoms with E-state index in [9.17, 15) is 18.7 Å². The summed E-state index contributed by atoms with van der Waals surface area (Å²) in [6.07, 6.45) is 5.57. The van der Waals surface area contributed by atoms with Crippen LogP contribution in [0.25, 0.3) is 0 Å². The van der Waals surface area contributed by atoms with Gasteiger partial charge in [-0.2, -0.15) is 0 Å². The molecule has 0 saturated heterocycles. The zero-order valence-corrected chi connectivity index (χ0v) is 17.0. The highest BCUT2D eigenvalue weighted by Crippen LogP contribution is 2.37. The average molecular weight is 395 g/mol. The van der Waals surface area contributed by atoms with Crippen molar-refractivity contribution >= 4 is 11.8 Å². The van der Waals surface area contributed by atoms with Gasteiger partial charge in [-0.1, -0.05) is 25.8 Å². The predicted octanol–water partition coefficient (Wildman–Crippen LogP) is 6.08. The third-order valence-corrected chi connectivity index (χ3v) is 4.99. The number of carbonyl (C=O) groups excluding carboxylic acids is 1. The molecule has 1 amide bonds. The van der Waals surface area contributed by atoms with Gasteiger partial charge in [0.05, 0.1) is 5.69 Å². The molecule has 6 heteroatoms. The van der Waals surface area contributed by atoms with Crippen LogP contribution in [0.15, 0.2) is 30.9 Å². The lowest BCUT2D eigenvalue weighted by molar-refractivity contribution is -0.0239. The van der Waals surface area contributed by atoms with Gasteiger partial charge in [-0.05, 0) is 69.9 Å². The molecule has 0 bridgehead atoms. The molecule has 1 aliphatic carbocycles. The molecule has 1 N–H and O–H groups in total. The highest BCUT2D eigenvalue weighted by Gasteiger charge is 2.36. The normalized spacial score (nSPS) is 17.4. The lowest BCUT2D eigenvalue weighted by atomic mass is 9.85. The number of amides is 1. The maximum absolute atomic E-state index is 12.9. The van der Waals surface area contributed by atoms with Crippen LogP contribution in [0.5, 0.6) is 5.75 Å². The molecular formula is C22H31F2NO3. The molecule has 0 spiro atoms. The highest BCUT2D eigenvalue weighted by atomic mass is 19.3. The van der Waals surface area contributed by atoms with Gasteiger partial charge in [0.15, 0.2) is 0 Å². The van der Waals surface area contributed by atoms with Crippen molar-refractivity contribution in [2.24, 2.45) is 5.92 Å². The lowest BCUT2D eigenvalue weighted by Gasteiger charge is -2.27. The van der Waals surface area contributed by atoms with Crippen molar-refractivity contribution < 1.29 is 23.4 Å². The molecule has 1 aliphatic heterocycles. The quantitative estimate of drug-likeness (QED) is 0.618. The Bertz CT molecular complexity index is 692. The van der Waals surface area contributed by atoms with Gasteiger partial charge >= 0.3 is 6.09 Å². The lowest BCUT2D eigenvalue weighted by Crippen LogP contribution is -2.35. The zero-order chi connectivity index (χ0) is 20.9. The molecule has 1 saturated carbocycles. The second-order valence-corrected chi connectivity index (χ2v) is 8.41. The van der Waals surface area contributed by atoms with Crippen molar-refractivity contribution in [1.82, 2.24) is 0 Å². The van der Waals surface area contributed by atoms with Gasteiger partial charge in [0.2, 0.25) is 0 Å². The summed E-state index contributed by atoms with van der Waals surface area (Å²) in [7, 11) is 0. The summed E-state index contributed by atoms with van der Waals surface area (Å²) in [4.78, 5) is 13.6. The molecule has 1 heterocycles. The Morgan fingerprint density at radius 1 is 1.25 bits per heavy atom. The van der Waals surface area contributed by atoms with Crippen LogP contribution >= 0.6 is 0 Å². The molecule has 28 heavy (non-hydrogen) atoms. The number of allylic oxidation sites excluding steroid dienone is 1. The van der Waals surface area contributed by atoms with Crippen LogP contribution < -0.4 is 4.90 Å². The predicted molar refractivity (Wildman–Crippen MR) is 107 cm³/mol. The first kappa shape index (κ1) is 22.2. The number of nitrogens with zero attached hydrogens (tertiary/aromatic N) is 1. The van der Waals surface area contributed by atoms with Gasteiger partial charge in [0, 0.05) is 12.5 Å². The number of anilines is 1. The van der Waals surface area contributed by atoms with Gasteiger partial charge in [-0.15, -0.1) is 0 Å². The maximum atomic E-state index is 12.9. The van der Waals surface area contributed by atoms with Crippen molar-refractivity contribution in [3.8, 4) is 5.75 Å². The monoisotopic (exact) mass is 395 g/mol. The van der Waals surface area contributed by atoms with E-state index in [2.05, 4.69) is 6.58 Å². The second kappa shape index (κ2) is 8.93. The number of phenolic OH excluding ortho intramolecular Hbond substituents is 1. The van der Waals surface area contributed by atoms with Crippen LogP contribution in [0.4, 0.5) is 19.3 Å². The van der Waals surface area contributed by atoms with Gasteiger partial charge in [0.25, 0.3) is 5.92 Å². The molecule has 1 aromatic rings. The molecule has 156 valence electrons. The van der Waals surface area contributed by atoms with Crippen LogP contribution in [-0.2, 0) is 11.2 Å². The van der Waals surface area contributed by atoms with E-state index in [0.717, 1.165) is 43.0 Å². The minimum Gasteiger partial charge on any atom is -0.508 e. The minimum atomic E-state index is -2.62. The molecule has 0 unspecified atom stereocenters. The Morgan fingerprint density at radius 2 is 1.89 bits per heavy atom. The highest BCUT2D eigenvalue weighted by molar-refractivity contribution is 5.90. The van der Waals surface area contributed by atoms with Crippen molar-refractivity contribution in [1.29, 1.82) is 0 Å². The number of hydrogen-bond acceptors (Lipinski definition) is 3. The molecule has 0 atom stereocenters. The molecule has 2 aliphatic rings. The number of rotatable bonds is 2. The Morgan fingerprint density at radius 3 is 2.46 bits per heavy atom. The third kappa shape index (κ3) is 5.94.